The molecule has 0 spiro atoms. The summed E-state index contributed by atoms with van der Waals surface area (Å²) in [7, 11) is -2.78. The number of ether oxygens (including phenoxy) is 1. The standard InChI is InChI=1S/C35H38FN3O5S/c1-4-21-37-35(41)33(23-27-9-6-5-7-10-27)38(24-28-11-8-12-31(22-28)44-3)34(40)25-39(30-17-13-26(2)14-18-30)45(42,43)32-19-15-29(36)16-20-32/h5-20,22,33H,4,21,23-25H2,1-3H3,(H,37,41)/t33-/m1/s1. The number of hydrogen-bond acceptors (Lipinski definition) is 5. The number of nitrogens with one attached hydrogen (secondary N) is 1. The molecule has 0 heterocycles. The summed E-state index contributed by atoms with van der Waals surface area (Å²) in [6, 6.07) is 26.7. The predicted molar refractivity (Wildman–Crippen MR) is 173 cm³/mol. The van der Waals surface area contributed by atoms with Crippen molar-refractivity contribution < 1.29 is 27.1 Å². The predicted octanol–water partition coefficient (Wildman–Crippen LogP) is 5.50. The molecule has 4 aromatic carbocycles. The Balaban J connectivity index is 1.80. The highest BCUT2D eigenvalue weighted by molar-refractivity contribution is 7.92. The summed E-state index contributed by atoms with van der Waals surface area (Å²) < 4.78 is 48.1. The molecule has 0 radical (unpaired) electrons. The zero-order valence-electron chi connectivity index (χ0n) is 25.6. The Hall–Kier alpha value is -4.70. The Morgan fingerprint density at radius 3 is 2.20 bits per heavy atom. The summed E-state index contributed by atoms with van der Waals surface area (Å²) in [5.41, 5.74) is 2.70. The molecule has 4 rings (SSSR count). The van der Waals surface area contributed by atoms with Crippen LogP contribution in [0.3, 0.4) is 0 Å². The number of amides is 2. The van der Waals surface area contributed by atoms with Gasteiger partial charge in [-0.25, -0.2) is 12.8 Å². The van der Waals surface area contributed by atoms with Gasteiger partial charge in [0.1, 0.15) is 24.2 Å². The van der Waals surface area contributed by atoms with Gasteiger partial charge in [0.2, 0.25) is 11.8 Å². The van der Waals surface area contributed by atoms with Crippen LogP contribution >= 0.6 is 0 Å². The van der Waals surface area contributed by atoms with Gasteiger partial charge < -0.3 is 15.0 Å². The average Bonchev–Trinajstić information content (AvgIpc) is 3.05. The molecular formula is C35H38FN3O5S. The molecule has 0 bridgehead atoms. The number of aryl methyl sites for hydroxylation is 1. The van der Waals surface area contributed by atoms with Crippen LogP contribution in [-0.2, 0) is 32.6 Å². The van der Waals surface area contributed by atoms with E-state index in [-0.39, 0.29) is 29.5 Å². The highest BCUT2D eigenvalue weighted by Crippen LogP contribution is 2.26. The molecule has 0 aromatic heterocycles. The SMILES string of the molecule is CCCNC(=O)[C@@H](Cc1ccccc1)N(Cc1cccc(OC)c1)C(=O)CN(c1ccc(C)cc1)S(=O)(=O)c1ccc(F)cc1. The van der Waals surface area contributed by atoms with E-state index in [1.165, 1.54) is 24.1 Å². The molecule has 0 saturated heterocycles. The third-order valence-corrected chi connectivity index (χ3v) is 9.10. The molecule has 8 nitrogen and oxygen atoms in total. The molecule has 1 atom stereocenters. The van der Waals surface area contributed by atoms with Crippen LogP contribution in [0.5, 0.6) is 5.75 Å². The lowest BCUT2D eigenvalue weighted by molar-refractivity contribution is -0.140. The van der Waals surface area contributed by atoms with Crippen LogP contribution in [0.25, 0.3) is 0 Å². The third kappa shape index (κ3) is 8.69. The van der Waals surface area contributed by atoms with Crippen molar-refractivity contribution in [2.24, 2.45) is 0 Å². The number of methoxy groups -OCH3 is 1. The number of nitrogens with zero attached hydrogens (tertiary/aromatic N) is 2. The van der Waals surface area contributed by atoms with Crippen LogP contribution in [0.1, 0.15) is 30.0 Å². The molecule has 0 aliphatic heterocycles. The molecular weight excluding hydrogens is 593 g/mol. The summed E-state index contributed by atoms with van der Waals surface area (Å²) in [5.74, 6) is -0.940. The van der Waals surface area contributed by atoms with E-state index in [1.807, 2.05) is 50.2 Å². The van der Waals surface area contributed by atoms with Crippen LogP contribution in [0.4, 0.5) is 10.1 Å². The van der Waals surface area contributed by atoms with E-state index in [0.29, 0.717) is 24.3 Å². The highest BCUT2D eigenvalue weighted by Gasteiger charge is 2.34. The largest absolute Gasteiger partial charge is 0.497 e. The lowest BCUT2D eigenvalue weighted by Crippen LogP contribution is -2.53. The molecule has 0 saturated carbocycles. The number of anilines is 1. The molecule has 2 amide bonds. The third-order valence-electron chi connectivity index (χ3n) is 7.31. The summed E-state index contributed by atoms with van der Waals surface area (Å²) in [4.78, 5) is 29.4. The highest BCUT2D eigenvalue weighted by atomic mass is 32.2. The summed E-state index contributed by atoms with van der Waals surface area (Å²) >= 11 is 0. The van der Waals surface area contributed by atoms with Crippen molar-refractivity contribution in [1.29, 1.82) is 0 Å². The van der Waals surface area contributed by atoms with E-state index in [2.05, 4.69) is 5.32 Å². The molecule has 1 N–H and O–H groups in total. The summed E-state index contributed by atoms with van der Waals surface area (Å²) in [6.07, 6.45) is 0.909. The quantitative estimate of drug-likeness (QED) is 0.198. The lowest BCUT2D eigenvalue weighted by Gasteiger charge is -2.34. The number of carbonyl (C=O) groups is 2. The fraction of sp³-hybridized carbons (Fsp3) is 0.257. The fourth-order valence-electron chi connectivity index (χ4n) is 4.86. The van der Waals surface area contributed by atoms with Crippen LogP contribution in [0.2, 0.25) is 0 Å². The number of benzene rings is 4. The Bertz CT molecular complexity index is 1680. The lowest BCUT2D eigenvalue weighted by atomic mass is 10.0. The Morgan fingerprint density at radius 2 is 1.56 bits per heavy atom. The van der Waals surface area contributed by atoms with Crippen molar-refractivity contribution in [1.82, 2.24) is 10.2 Å². The topological polar surface area (TPSA) is 96.0 Å². The molecule has 0 aliphatic carbocycles. The van der Waals surface area contributed by atoms with E-state index in [4.69, 9.17) is 4.74 Å². The van der Waals surface area contributed by atoms with Crippen molar-refractivity contribution in [2.45, 2.75) is 44.2 Å². The number of carbonyl (C=O) groups excluding carboxylic acids is 2. The number of hydrogen-bond donors (Lipinski definition) is 1. The molecule has 0 fully saturated rings. The first kappa shape index (κ1) is 33.2. The van der Waals surface area contributed by atoms with Crippen molar-refractivity contribution in [3.8, 4) is 5.75 Å². The maximum Gasteiger partial charge on any atom is 0.264 e. The van der Waals surface area contributed by atoms with E-state index in [1.54, 1.807) is 42.5 Å². The van der Waals surface area contributed by atoms with E-state index >= 15 is 0 Å². The summed E-state index contributed by atoms with van der Waals surface area (Å²) in [5, 5.41) is 2.92. The Labute approximate surface area is 264 Å². The number of halogens is 1. The van der Waals surface area contributed by atoms with E-state index < -0.39 is 34.3 Å². The van der Waals surface area contributed by atoms with Crippen molar-refractivity contribution in [3.63, 3.8) is 0 Å². The zero-order chi connectivity index (χ0) is 32.4. The van der Waals surface area contributed by atoms with Crippen LogP contribution in [0.15, 0.2) is 108 Å². The van der Waals surface area contributed by atoms with Crippen LogP contribution < -0.4 is 14.4 Å². The van der Waals surface area contributed by atoms with E-state index in [9.17, 15) is 22.4 Å². The molecule has 45 heavy (non-hydrogen) atoms. The smallest absolute Gasteiger partial charge is 0.264 e. The van der Waals surface area contributed by atoms with Gasteiger partial charge in [0.25, 0.3) is 10.0 Å². The van der Waals surface area contributed by atoms with Crippen LogP contribution in [0, 0.1) is 12.7 Å². The first-order valence-corrected chi connectivity index (χ1v) is 16.2. The first-order valence-electron chi connectivity index (χ1n) is 14.7. The molecule has 4 aromatic rings. The average molecular weight is 632 g/mol. The summed E-state index contributed by atoms with van der Waals surface area (Å²) in [6.45, 7) is 3.64. The minimum absolute atomic E-state index is 0.0193. The van der Waals surface area contributed by atoms with Gasteiger partial charge in [-0.2, -0.15) is 0 Å². The van der Waals surface area contributed by atoms with Crippen molar-refractivity contribution in [3.05, 3.63) is 126 Å². The molecule has 0 aliphatic rings. The maximum absolute atomic E-state index is 14.4. The fourth-order valence-corrected chi connectivity index (χ4v) is 6.28. The van der Waals surface area contributed by atoms with Gasteiger partial charge in [-0.15, -0.1) is 0 Å². The molecule has 236 valence electrons. The van der Waals surface area contributed by atoms with Gasteiger partial charge in [0, 0.05) is 19.5 Å². The Morgan fingerprint density at radius 1 is 0.889 bits per heavy atom. The number of sulfonamides is 1. The van der Waals surface area contributed by atoms with Gasteiger partial charge in [-0.1, -0.05) is 67.1 Å². The van der Waals surface area contributed by atoms with E-state index in [0.717, 1.165) is 27.6 Å². The van der Waals surface area contributed by atoms with Gasteiger partial charge in [-0.05, 0) is 73.0 Å². The normalized spacial score (nSPS) is 11.8. The second kappa shape index (κ2) is 15.3. The van der Waals surface area contributed by atoms with Gasteiger partial charge in [0.15, 0.2) is 0 Å². The van der Waals surface area contributed by atoms with Gasteiger partial charge >= 0.3 is 0 Å². The number of rotatable bonds is 14. The Kier molecular flexibility index (Phi) is 11.3. The maximum atomic E-state index is 14.4. The zero-order valence-corrected chi connectivity index (χ0v) is 26.5. The minimum atomic E-state index is -4.32. The monoisotopic (exact) mass is 631 g/mol. The first-order chi connectivity index (χ1) is 21.6. The van der Waals surface area contributed by atoms with Gasteiger partial charge in [-0.3, -0.25) is 13.9 Å². The van der Waals surface area contributed by atoms with Crippen LogP contribution in [-0.4, -0.2) is 51.4 Å². The second-order valence-electron chi connectivity index (χ2n) is 10.7. The van der Waals surface area contributed by atoms with Crippen molar-refractivity contribution >= 4 is 27.5 Å². The second-order valence-corrected chi connectivity index (χ2v) is 12.5. The minimum Gasteiger partial charge on any atom is -0.497 e. The molecule has 0 unspecified atom stereocenters. The van der Waals surface area contributed by atoms with Crippen molar-refractivity contribution in [2.75, 3.05) is 24.5 Å². The van der Waals surface area contributed by atoms with Gasteiger partial charge in [0.05, 0.1) is 17.7 Å². The molecule has 10 heteroatoms.